The maximum atomic E-state index is 12.9. The molecule has 0 heterocycles. The zero-order valence-corrected chi connectivity index (χ0v) is 16.6. The summed E-state index contributed by atoms with van der Waals surface area (Å²) in [7, 11) is 1.54. The molecule has 0 radical (unpaired) electrons. The van der Waals surface area contributed by atoms with Gasteiger partial charge in [0.05, 0.1) is 13.7 Å². The van der Waals surface area contributed by atoms with Gasteiger partial charge in [-0.15, -0.1) is 0 Å². The number of halogens is 1. The van der Waals surface area contributed by atoms with Crippen LogP contribution < -0.4 is 14.8 Å². The lowest BCUT2D eigenvalue weighted by atomic mass is 10.2. The van der Waals surface area contributed by atoms with Crippen LogP contribution >= 0.6 is 0 Å². The van der Waals surface area contributed by atoms with E-state index in [0.717, 1.165) is 6.42 Å². The van der Waals surface area contributed by atoms with Crippen LogP contribution in [0.4, 0.5) is 10.1 Å². The molecular weight excluding hydrogens is 377 g/mol. The van der Waals surface area contributed by atoms with Crippen LogP contribution in [0, 0.1) is 5.82 Å². The molecule has 29 heavy (non-hydrogen) atoms. The Morgan fingerprint density at radius 2 is 1.86 bits per heavy atom. The Balaban J connectivity index is 1.92. The highest BCUT2D eigenvalue weighted by molar-refractivity contribution is 5.96. The van der Waals surface area contributed by atoms with E-state index in [1.165, 1.54) is 44.4 Å². The van der Waals surface area contributed by atoms with Crippen molar-refractivity contribution in [1.82, 2.24) is 0 Å². The molecule has 6 nitrogen and oxygen atoms in total. The lowest BCUT2D eigenvalue weighted by Gasteiger charge is -2.12. The molecule has 0 aliphatic heterocycles. The van der Waals surface area contributed by atoms with E-state index in [1.54, 1.807) is 24.3 Å². The van der Waals surface area contributed by atoms with E-state index in [2.05, 4.69) is 5.32 Å². The second-order valence-corrected chi connectivity index (χ2v) is 6.17. The Labute approximate surface area is 169 Å². The Morgan fingerprint density at radius 1 is 1.14 bits per heavy atom. The molecule has 1 N–H and O–H groups in total. The fraction of sp³-hybridized carbons (Fsp3) is 0.273. The van der Waals surface area contributed by atoms with Crippen molar-refractivity contribution < 1.29 is 28.2 Å². The van der Waals surface area contributed by atoms with Crippen LogP contribution in [0.3, 0.4) is 0 Å². The van der Waals surface area contributed by atoms with Gasteiger partial charge in [-0.3, -0.25) is 4.79 Å². The molecule has 0 saturated heterocycles. The van der Waals surface area contributed by atoms with Crippen LogP contribution in [-0.2, 0) is 14.3 Å². The summed E-state index contributed by atoms with van der Waals surface area (Å²) in [5.41, 5.74) is 1.12. The van der Waals surface area contributed by atoms with Crippen LogP contribution in [-0.4, -0.2) is 31.7 Å². The molecule has 0 aliphatic rings. The summed E-state index contributed by atoms with van der Waals surface area (Å²) in [6.07, 6.45) is 2.64. The van der Waals surface area contributed by atoms with Crippen molar-refractivity contribution >= 4 is 23.6 Å². The number of benzene rings is 2. The van der Waals surface area contributed by atoms with Gasteiger partial charge in [0.15, 0.2) is 17.6 Å². The lowest BCUT2D eigenvalue weighted by Crippen LogP contribution is -2.29. The number of anilines is 1. The number of ether oxygens (including phenoxy) is 3. The van der Waals surface area contributed by atoms with Crippen molar-refractivity contribution in [2.24, 2.45) is 0 Å². The van der Waals surface area contributed by atoms with Gasteiger partial charge in [-0.25, -0.2) is 9.18 Å². The minimum atomic E-state index is -1.02. The number of amides is 1. The van der Waals surface area contributed by atoms with Gasteiger partial charge in [0.1, 0.15) is 5.82 Å². The Bertz CT molecular complexity index is 864. The van der Waals surface area contributed by atoms with E-state index in [4.69, 9.17) is 14.2 Å². The van der Waals surface area contributed by atoms with Crippen molar-refractivity contribution in [2.75, 3.05) is 19.0 Å². The van der Waals surface area contributed by atoms with E-state index >= 15 is 0 Å². The highest BCUT2D eigenvalue weighted by atomic mass is 19.1. The summed E-state index contributed by atoms with van der Waals surface area (Å²) in [5.74, 6) is -0.412. The molecule has 1 amide bonds. The summed E-state index contributed by atoms with van der Waals surface area (Å²) in [5, 5.41) is 2.55. The highest BCUT2D eigenvalue weighted by Gasteiger charge is 2.16. The predicted octanol–water partition coefficient (Wildman–Crippen LogP) is 4.21. The Hall–Kier alpha value is -3.35. The normalized spacial score (nSPS) is 11.7. The summed E-state index contributed by atoms with van der Waals surface area (Å²) >= 11 is 0. The maximum absolute atomic E-state index is 12.9. The minimum absolute atomic E-state index is 0.408. The summed E-state index contributed by atoms with van der Waals surface area (Å²) in [6, 6.07) is 10.6. The first kappa shape index (κ1) is 21.9. The van der Waals surface area contributed by atoms with Crippen LogP contribution in [0.25, 0.3) is 6.08 Å². The summed E-state index contributed by atoms with van der Waals surface area (Å²) < 4.78 is 28.9. The van der Waals surface area contributed by atoms with Crippen LogP contribution in [0.15, 0.2) is 48.5 Å². The number of nitrogens with one attached hydrogen (secondary N) is 1. The number of hydrogen-bond acceptors (Lipinski definition) is 5. The fourth-order valence-electron chi connectivity index (χ4n) is 2.33. The summed E-state index contributed by atoms with van der Waals surface area (Å²) in [6.45, 7) is 4.04. The summed E-state index contributed by atoms with van der Waals surface area (Å²) in [4.78, 5) is 24.1. The minimum Gasteiger partial charge on any atom is -0.493 e. The van der Waals surface area contributed by atoms with E-state index in [1.807, 2.05) is 6.92 Å². The fourth-order valence-corrected chi connectivity index (χ4v) is 2.33. The maximum Gasteiger partial charge on any atom is 0.331 e. The molecule has 0 bridgehead atoms. The molecule has 0 fully saturated rings. The van der Waals surface area contributed by atoms with Gasteiger partial charge in [0.2, 0.25) is 0 Å². The SMILES string of the molecule is CCCOc1ccc(/C=C/C(=O)O[C@H](C)C(=O)Nc2ccc(F)cc2)cc1OC. The number of carbonyl (C=O) groups is 2. The monoisotopic (exact) mass is 401 g/mol. The molecule has 0 unspecified atom stereocenters. The first-order chi connectivity index (χ1) is 13.9. The van der Waals surface area contributed by atoms with Gasteiger partial charge >= 0.3 is 5.97 Å². The molecule has 154 valence electrons. The first-order valence-corrected chi connectivity index (χ1v) is 9.19. The Kier molecular flexibility index (Phi) is 8.21. The lowest BCUT2D eigenvalue weighted by molar-refractivity contribution is -0.148. The topological polar surface area (TPSA) is 73.9 Å². The van der Waals surface area contributed by atoms with E-state index < -0.39 is 23.8 Å². The average molecular weight is 401 g/mol. The van der Waals surface area contributed by atoms with E-state index in [9.17, 15) is 14.0 Å². The second kappa shape index (κ2) is 10.8. The molecule has 0 saturated carbocycles. The molecule has 2 rings (SSSR count). The smallest absolute Gasteiger partial charge is 0.331 e. The Morgan fingerprint density at radius 3 is 2.52 bits per heavy atom. The molecule has 1 atom stereocenters. The molecule has 7 heteroatoms. The predicted molar refractivity (Wildman–Crippen MR) is 108 cm³/mol. The second-order valence-electron chi connectivity index (χ2n) is 6.17. The number of esters is 1. The third-order valence-electron chi connectivity index (χ3n) is 3.84. The quantitative estimate of drug-likeness (QED) is 0.503. The molecule has 0 spiro atoms. The van der Waals surface area contributed by atoms with Crippen molar-refractivity contribution in [2.45, 2.75) is 26.4 Å². The van der Waals surface area contributed by atoms with Crippen LogP contribution in [0.1, 0.15) is 25.8 Å². The molecule has 2 aromatic carbocycles. The van der Waals surface area contributed by atoms with Gasteiger partial charge < -0.3 is 19.5 Å². The number of methoxy groups -OCH3 is 1. The van der Waals surface area contributed by atoms with Gasteiger partial charge in [0.25, 0.3) is 5.91 Å². The van der Waals surface area contributed by atoms with Crippen molar-refractivity contribution in [3.63, 3.8) is 0 Å². The third kappa shape index (κ3) is 6.95. The van der Waals surface area contributed by atoms with Crippen LogP contribution in [0.5, 0.6) is 11.5 Å². The zero-order valence-electron chi connectivity index (χ0n) is 16.6. The van der Waals surface area contributed by atoms with E-state index in [-0.39, 0.29) is 0 Å². The van der Waals surface area contributed by atoms with Gasteiger partial charge in [-0.05, 0) is 61.4 Å². The third-order valence-corrected chi connectivity index (χ3v) is 3.84. The van der Waals surface area contributed by atoms with Gasteiger partial charge in [-0.1, -0.05) is 13.0 Å². The number of carbonyl (C=O) groups excluding carboxylic acids is 2. The van der Waals surface area contributed by atoms with E-state index in [0.29, 0.717) is 29.4 Å². The van der Waals surface area contributed by atoms with Crippen LogP contribution in [0.2, 0.25) is 0 Å². The molecule has 0 aliphatic carbocycles. The largest absolute Gasteiger partial charge is 0.493 e. The average Bonchev–Trinajstić information content (AvgIpc) is 2.72. The van der Waals surface area contributed by atoms with Crippen molar-refractivity contribution in [3.05, 3.63) is 59.9 Å². The molecule has 2 aromatic rings. The molecular formula is C22H24FNO5. The molecule has 0 aromatic heterocycles. The number of rotatable bonds is 9. The van der Waals surface area contributed by atoms with Gasteiger partial charge in [-0.2, -0.15) is 0 Å². The zero-order chi connectivity index (χ0) is 21.2. The number of hydrogen-bond donors (Lipinski definition) is 1. The van der Waals surface area contributed by atoms with Gasteiger partial charge in [0, 0.05) is 11.8 Å². The van der Waals surface area contributed by atoms with Crippen molar-refractivity contribution in [3.8, 4) is 11.5 Å². The highest BCUT2D eigenvalue weighted by Crippen LogP contribution is 2.28. The van der Waals surface area contributed by atoms with Crippen molar-refractivity contribution in [1.29, 1.82) is 0 Å². The standard InChI is InChI=1S/C22H24FNO5/c1-4-13-28-19-11-5-16(14-20(19)27-3)6-12-21(25)29-15(2)22(26)24-18-9-7-17(23)8-10-18/h5-12,14-15H,4,13H2,1-3H3,(H,24,26)/b12-6+/t15-/m1/s1. The first-order valence-electron chi connectivity index (χ1n) is 9.19.